The largest absolute Gasteiger partial charge is 0.424 e. The normalized spacial score (nSPS) is 10.4. The Bertz CT molecular complexity index is 626. The highest BCUT2D eigenvalue weighted by atomic mass is 16.5. The van der Waals surface area contributed by atoms with E-state index in [0.717, 1.165) is 6.42 Å². The molecule has 0 fully saturated rings. The first-order valence-corrected chi connectivity index (χ1v) is 6.54. The van der Waals surface area contributed by atoms with Crippen LogP contribution in [0.2, 0.25) is 0 Å². The van der Waals surface area contributed by atoms with Crippen LogP contribution in [0.25, 0.3) is 0 Å². The summed E-state index contributed by atoms with van der Waals surface area (Å²) in [6.45, 7) is 2.48. The number of aryl methyl sites for hydroxylation is 1. The fourth-order valence-corrected chi connectivity index (χ4v) is 1.77. The molecule has 110 valence electrons. The van der Waals surface area contributed by atoms with Gasteiger partial charge in [0.25, 0.3) is 0 Å². The number of nitrogens with two attached hydrogens (primary N) is 1. The maximum Gasteiger partial charge on any atom is 0.322 e. The van der Waals surface area contributed by atoms with Gasteiger partial charge in [-0.2, -0.15) is 4.98 Å². The zero-order valence-electron chi connectivity index (χ0n) is 12.1. The van der Waals surface area contributed by atoms with E-state index in [1.165, 1.54) is 5.56 Å². The minimum Gasteiger partial charge on any atom is -0.424 e. The quantitative estimate of drug-likeness (QED) is 0.626. The SMILES string of the molecule is COCCc1ccc(Oc2nc(C)cc(C(=N)N)n2)cc1. The number of hydrogen-bond donors (Lipinski definition) is 2. The number of hydrogen-bond acceptors (Lipinski definition) is 5. The third-order valence-electron chi connectivity index (χ3n) is 2.84. The van der Waals surface area contributed by atoms with E-state index in [2.05, 4.69) is 9.97 Å². The molecule has 3 N–H and O–H groups in total. The summed E-state index contributed by atoms with van der Waals surface area (Å²) < 4.78 is 10.6. The van der Waals surface area contributed by atoms with Gasteiger partial charge in [-0.25, -0.2) is 4.98 Å². The molecule has 0 aliphatic carbocycles. The van der Waals surface area contributed by atoms with Gasteiger partial charge in [0.15, 0.2) is 0 Å². The van der Waals surface area contributed by atoms with Crippen molar-refractivity contribution >= 4 is 5.84 Å². The van der Waals surface area contributed by atoms with Crippen LogP contribution in [0.4, 0.5) is 0 Å². The second kappa shape index (κ2) is 6.81. The Labute approximate surface area is 123 Å². The average Bonchev–Trinajstić information content (AvgIpc) is 2.46. The second-order valence-electron chi connectivity index (χ2n) is 4.58. The van der Waals surface area contributed by atoms with E-state index in [1.54, 1.807) is 20.1 Å². The van der Waals surface area contributed by atoms with Crippen molar-refractivity contribution in [2.24, 2.45) is 5.73 Å². The van der Waals surface area contributed by atoms with Gasteiger partial charge in [-0.05, 0) is 37.1 Å². The molecule has 0 aliphatic heterocycles. The Hall–Kier alpha value is -2.47. The van der Waals surface area contributed by atoms with Crippen molar-refractivity contribution in [3.05, 3.63) is 47.3 Å². The maximum atomic E-state index is 7.42. The number of ether oxygens (including phenoxy) is 2. The van der Waals surface area contributed by atoms with Gasteiger partial charge < -0.3 is 15.2 Å². The molecule has 2 aromatic rings. The molecule has 0 aliphatic rings. The summed E-state index contributed by atoms with van der Waals surface area (Å²) in [5.74, 6) is 0.525. The molecular formula is C15H18N4O2. The highest BCUT2D eigenvalue weighted by Gasteiger charge is 2.07. The van der Waals surface area contributed by atoms with Gasteiger partial charge in [0.2, 0.25) is 0 Å². The Morgan fingerprint density at radius 3 is 2.57 bits per heavy atom. The first-order chi connectivity index (χ1) is 10.1. The molecule has 0 spiro atoms. The lowest BCUT2D eigenvalue weighted by molar-refractivity contribution is 0.202. The van der Waals surface area contributed by atoms with Crippen LogP contribution in [0.3, 0.4) is 0 Å². The van der Waals surface area contributed by atoms with Crippen molar-refractivity contribution in [2.45, 2.75) is 13.3 Å². The number of nitrogen functional groups attached to an aromatic ring is 1. The van der Waals surface area contributed by atoms with Crippen molar-refractivity contribution < 1.29 is 9.47 Å². The van der Waals surface area contributed by atoms with E-state index in [4.69, 9.17) is 20.6 Å². The number of rotatable bonds is 6. The zero-order valence-corrected chi connectivity index (χ0v) is 12.1. The number of methoxy groups -OCH3 is 1. The maximum absolute atomic E-state index is 7.42. The summed E-state index contributed by atoms with van der Waals surface area (Å²) in [6.07, 6.45) is 0.853. The molecule has 0 radical (unpaired) electrons. The van der Waals surface area contributed by atoms with E-state index in [9.17, 15) is 0 Å². The number of nitrogens with zero attached hydrogens (tertiary/aromatic N) is 2. The highest BCUT2D eigenvalue weighted by molar-refractivity contribution is 5.93. The molecule has 2 rings (SSSR count). The Morgan fingerprint density at radius 1 is 1.24 bits per heavy atom. The minimum atomic E-state index is -0.111. The lowest BCUT2D eigenvalue weighted by Gasteiger charge is -2.07. The van der Waals surface area contributed by atoms with Gasteiger partial charge in [-0.3, -0.25) is 5.41 Å². The van der Waals surface area contributed by atoms with Gasteiger partial charge in [0, 0.05) is 12.8 Å². The predicted octanol–water partition coefficient (Wildman–Crippen LogP) is 2.05. The van der Waals surface area contributed by atoms with Gasteiger partial charge in [0.05, 0.1) is 6.61 Å². The fourth-order valence-electron chi connectivity index (χ4n) is 1.77. The van der Waals surface area contributed by atoms with Crippen LogP contribution in [-0.4, -0.2) is 29.5 Å². The third kappa shape index (κ3) is 4.25. The topological polar surface area (TPSA) is 94.1 Å². The van der Waals surface area contributed by atoms with Crippen molar-refractivity contribution in [2.75, 3.05) is 13.7 Å². The third-order valence-corrected chi connectivity index (χ3v) is 2.84. The van der Waals surface area contributed by atoms with Crippen molar-refractivity contribution in [3.63, 3.8) is 0 Å². The van der Waals surface area contributed by atoms with Crippen LogP contribution >= 0.6 is 0 Å². The molecule has 0 saturated heterocycles. The van der Waals surface area contributed by atoms with Gasteiger partial charge in [0.1, 0.15) is 17.3 Å². The van der Waals surface area contributed by atoms with Crippen molar-refractivity contribution in [3.8, 4) is 11.8 Å². The Balaban J connectivity index is 2.12. The first-order valence-electron chi connectivity index (χ1n) is 6.54. The van der Waals surface area contributed by atoms with Gasteiger partial charge in [-0.15, -0.1) is 0 Å². The lowest BCUT2D eigenvalue weighted by Crippen LogP contribution is -2.14. The average molecular weight is 286 g/mol. The van der Waals surface area contributed by atoms with E-state index in [0.29, 0.717) is 23.7 Å². The Morgan fingerprint density at radius 2 is 1.95 bits per heavy atom. The molecule has 0 saturated carbocycles. The van der Waals surface area contributed by atoms with Crippen LogP contribution in [0.15, 0.2) is 30.3 Å². The number of aromatic nitrogens is 2. The summed E-state index contributed by atoms with van der Waals surface area (Å²) in [4.78, 5) is 8.28. The van der Waals surface area contributed by atoms with Crippen molar-refractivity contribution in [1.29, 1.82) is 5.41 Å². The van der Waals surface area contributed by atoms with Gasteiger partial charge in [-0.1, -0.05) is 12.1 Å². The van der Waals surface area contributed by atoms with Crippen LogP contribution < -0.4 is 10.5 Å². The number of benzene rings is 1. The van der Waals surface area contributed by atoms with E-state index in [-0.39, 0.29) is 11.8 Å². The molecule has 0 bridgehead atoms. The molecule has 6 nitrogen and oxygen atoms in total. The summed E-state index contributed by atoms with van der Waals surface area (Å²) in [7, 11) is 1.68. The summed E-state index contributed by atoms with van der Waals surface area (Å²) in [5.41, 5.74) is 7.65. The molecule has 0 amide bonds. The molecule has 21 heavy (non-hydrogen) atoms. The standard InChI is InChI=1S/C15H18N4O2/c1-10-9-13(14(16)17)19-15(18-10)21-12-5-3-11(4-6-12)7-8-20-2/h3-6,9H,7-8H2,1-2H3,(H3,16,17). The zero-order chi connectivity index (χ0) is 15.2. The molecular weight excluding hydrogens is 268 g/mol. The lowest BCUT2D eigenvalue weighted by atomic mass is 10.1. The van der Waals surface area contributed by atoms with E-state index in [1.807, 2.05) is 24.3 Å². The van der Waals surface area contributed by atoms with E-state index < -0.39 is 0 Å². The van der Waals surface area contributed by atoms with Crippen LogP contribution in [0.1, 0.15) is 17.0 Å². The number of amidine groups is 1. The van der Waals surface area contributed by atoms with Crippen LogP contribution in [0.5, 0.6) is 11.8 Å². The predicted molar refractivity (Wildman–Crippen MR) is 79.9 cm³/mol. The highest BCUT2D eigenvalue weighted by Crippen LogP contribution is 2.19. The molecule has 1 aromatic heterocycles. The van der Waals surface area contributed by atoms with Gasteiger partial charge >= 0.3 is 6.01 Å². The molecule has 1 heterocycles. The summed E-state index contributed by atoms with van der Waals surface area (Å²) >= 11 is 0. The molecule has 6 heteroatoms. The molecule has 0 atom stereocenters. The Kier molecular flexibility index (Phi) is 4.84. The summed E-state index contributed by atoms with van der Waals surface area (Å²) in [6, 6.07) is 9.47. The smallest absolute Gasteiger partial charge is 0.322 e. The van der Waals surface area contributed by atoms with Crippen molar-refractivity contribution in [1.82, 2.24) is 9.97 Å². The fraction of sp³-hybridized carbons (Fsp3) is 0.267. The second-order valence-corrected chi connectivity index (χ2v) is 4.58. The minimum absolute atomic E-state index is 0.111. The molecule has 1 aromatic carbocycles. The monoisotopic (exact) mass is 286 g/mol. The van der Waals surface area contributed by atoms with Crippen LogP contribution in [-0.2, 0) is 11.2 Å². The van der Waals surface area contributed by atoms with E-state index >= 15 is 0 Å². The number of nitrogens with one attached hydrogen (secondary N) is 1. The first kappa shape index (κ1) is 14.9. The van der Waals surface area contributed by atoms with Crippen LogP contribution in [0, 0.1) is 12.3 Å². The summed E-state index contributed by atoms with van der Waals surface area (Å²) in [5, 5.41) is 7.42. The molecule has 0 unspecified atom stereocenters.